The molecule has 1 aromatic carbocycles. The van der Waals surface area contributed by atoms with Crippen LogP contribution in [0.3, 0.4) is 0 Å². The SMILES string of the molecule is COc1cccc(C(CN)Oc2cncc(Cl)c2)c1. The van der Waals surface area contributed by atoms with Crippen LogP contribution in [0.5, 0.6) is 11.5 Å². The van der Waals surface area contributed by atoms with E-state index in [0.29, 0.717) is 17.3 Å². The highest BCUT2D eigenvalue weighted by molar-refractivity contribution is 6.30. The lowest BCUT2D eigenvalue weighted by Crippen LogP contribution is -2.18. The summed E-state index contributed by atoms with van der Waals surface area (Å²) in [7, 11) is 1.62. The number of halogens is 1. The molecule has 1 aromatic heterocycles. The Morgan fingerprint density at radius 2 is 2.11 bits per heavy atom. The highest BCUT2D eigenvalue weighted by atomic mass is 35.5. The Hall–Kier alpha value is -1.78. The van der Waals surface area contributed by atoms with Crippen LogP contribution in [0.4, 0.5) is 0 Å². The molecule has 0 saturated heterocycles. The van der Waals surface area contributed by atoms with E-state index >= 15 is 0 Å². The van der Waals surface area contributed by atoms with Crippen molar-refractivity contribution in [3.8, 4) is 11.5 Å². The molecule has 4 nitrogen and oxygen atoms in total. The van der Waals surface area contributed by atoms with Crippen LogP contribution in [0, 0.1) is 0 Å². The molecule has 2 aromatic rings. The van der Waals surface area contributed by atoms with Crippen molar-refractivity contribution in [1.29, 1.82) is 0 Å². The van der Waals surface area contributed by atoms with Crippen LogP contribution in [-0.2, 0) is 0 Å². The number of aromatic nitrogens is 1. The fourth-order valence-corrected chi connectivity index (χ4v) is 1.88. The van der Waals surface area contributed by atoms with Gasteiger partial charge in [0.1, 0.15) is 17.6 Å². The summed E-state index contributed by atoms with van der Waals surface area (Å²) in [5.74, 6) is 1.36. The lowest BCUT2D eigenvalue weighted by atomic mass is 10.1. The number of methoxy groups -OCH3 is 1. The first-order valence-electron chi connectivity index (χ1n) is 5.84. The van der Waals surface area contributed by atoms with Crippen LogP contribution >= 0.6 is 11.6 Å². The fourth-order valence-electron chi connectivity index (χ4n) is 1.72. The number of pyridine rings is 1. The van der Waals surface area contributed by atoms with E-state index in [1.165, 1.54) is 0 Å². The molecule has 1 heterocycles. The first-order chi connectivity index (χ1) is 9.22. The van der Waals surface area contributed by atoms with Crippen molar-refractivity contribution in [3.05, 3.63) is 53.3 Å². The van der Waals surface area contributed by atoms with Crippen molar-refractivity contribution in [2.24, 2.45) is 5.73 Å². The number of ether oxygens (including phenoxy) is 2. The second-order valence-corrected chi connectivity index (χ2v) is 4.39. The number of nitrogens with zero attached hydrogens (tertiary/aromatic N) is 1. The van der Waals surface area contributed by atoms with Gasteiger partial charge >= 0.3 is 0 Å². The highest BCUT2D eigenvalue weighted by Crippen LogP contribution is 2.25. The first kappa shape index (κ1) is 13.6. The van der Waals surface area contributed by atoms with Gasteiger partial charge in [-0.15, -0.1) is 0 Å². The van der Waals surface area contributed by atoms with Gasteiger partial charge in [-0.2, -0.15) is 0 Å². The van der Waals surface area contributed by atoms with Crippen molar-refractivity contribution in [2.75, 3.05) is 13.7 Å². The van der Waals surface area contributed by atoms with Gasteiger partial charge in [-0.1, -0.05) is 23.7 Å². The first-order valence-corrected chi connectivity index (χ1v) is 6.22. The van der Waals surface area contributed by atoms with Crippen LogP contribution in [-0.4, -0.2) is 18.6 Å². The zero-order chi connectivity index (χ0) is 13.7. The van der Waals surface area contributed by atoms with E-state index in [0.717, 1.165) is 11.3 Å². The van der Waals surface area contributed by atoms with Gasteiger partial charge in [0.15, 0.2) is 0 Å². The lowest BCUT2D eigenvalue weighted by Gasteiger charge is -2.18. The third kappa shape index (κ3) is 3.59. The molecule has 0 aliphatic heterocycles. The van der Waals surface area contributed by atoms with Gasteiger partial charge in [-0.3, -0.25) is 4.98 Å². The standard InChI is InChI=1S/C14H15ClN2O2/c1-18-12-4-2-3-10(5-12)14(7-16)19-13-6-11(15)8-17-9-13/h2-6,8-9,14H,7,16H2,1H3. The number of hydrogen-bond acceptors (Lipinski definition) is 4. The summed E-state index contributed by atoms with van der Waals surface area (Å²) in [6.07, 6.45) is 2.89. The molecule has 5 heteroatoms. The van der Waals surface area contributed by atoms with Crippen molar-refractivity contribution >= 4 is 11.6 Å². The molecule has 1 unspecified atom stereocenters. The second-order valence-electron chi connectivity index (χ2n) is 3.96. The Balaban J connectivity index is 2.19. The molecule has 0 fully saturated rings. The summed E-state index contributed by atoms with van der Waals surface area (Å²) in [4.78, 5) is 3.98. The van der Waals surface area contributed by atoms with Gasteiger partial charge in [0.05, 0.1) is 18.3 Å². The third-order valence-electron chi connectivity index (χ3n) is 2.64. The molecule has 0 aliphatic rings. The van der Waals surface area contributed by atoms with Crippen molar-refractivity contribution < 1.29 is 9.47 Å². The van der Waals surface area contributed by atoms with E-state index < -0.39 is 0 Å². The number of hydrogen-bond donors (Lipinski definition) is 1. The van der Waals surface area contributed by atoms with Crippen LogP contribution in [0.15, 0.2) is 42.7 Å². The maximum absolute atomic E-state index is 5.87. The van der Waals surface area contributed by atoms with Gasteiger partial charge in [-0.05, 0) is 17.7 Å². The summed E-state index contributed by atoms with van der Waals surface area (Å²) >= 11 is 5.87. The van der Waals surface area contributed by atoms with Crippen molar-refractivity contribution in [2.45, 2.75) is 6.10 Å². The fraction of sp³-hybridized carbons (Fsp3) is 0.214. The minimum atomic E-state index is -0.268. The smallest absolute Gasteiger partial charge is 0.140 e. The second kappa shape index (κ2) is 6.41. The minimum Gasteiger partial charge on any atom is -0.497 e. The molecule has 1 atom stereocenters. The number of rotatable bonds is 5. The van der Waals surface area contributed by atoms with Gasteiger partial charge in [0.2, 0.25) is 0 Å². The van der Waals surface area contributed by atoms with Crippen LogP contribution in [0.1, 0.15) is 11.7 Å². The molecular weight excluding hydrogens is 264 g/mol. The third-order valence-corrected chi connectivity index (χ3v) is 2.84. The molecule has 0 spiro atoms. The predicted octanol–water partition coefficient (Wildman–Crippen LogP) is 2.82. The maximum Gasteiger partial charge on any atom is 0.140 e. The normalized spacial score (nSPS) is 11.9. The molecule has 0 saturated carbocycles. The summed E-state index contributed by atoms with van der Waals surface area (Å²) in [5, 5.41) is 0.527. The quantitative estimate of drug-likeness (QED) is 0.914. The van der Waals surface area contributed by atoms with E-state index in [9.17, 15) is 0 Å². The van der Waals surface area contributed by atoms with Gasteiger partial charge < -0.3 is 15.2 Å². The molecular formula is C14H15ClN2O2. The number of benzene rings is 1. The molecule has 0 radical (unpaired) electrons. The Bertz CT molecular complexity index is 548. The zero-order valence-corrected chi connectivity index (χ0v) is 11.3. The Morgan fingerprint density at radius 3 is 2.79 bits per heavy atom. The molecule has 19 heavy (non-hydrogen) atoms. The summed E-state index contributed by atoms with van der Waals surface area (Å²) in [6, 6.07) is 9.32. The van der Waals surface area contributed by atoms with Crippen LogP contribution in [0.2, 0.25) is 5.02 Å². The van der Waals surface area contributed by atoms with Gasteiger partial charge in [-0.25, -0.2) is 0 Å². The van der Waals surface area contributed by atoms with E-state index in [1.807, 2.05) is 24.3 Å². The monoisotopic (exact) mass is 278 g/mol. The average molecular weight is 279 g/mol. The van der Waals surface area contributed by atoms with E-state index in [-0.39, 0.29) is 6.10 Å². The summed E-state index contributed by atoms with van der Waals surface area (Å²) in [5.41, 5.74) is 6.71. The topological polar surface area (TPSA) is 57.4 Å². The Morgan fingerprint density at radius 1 is 1.26 bits per heavy atom. The molecule has 0 amide bonds. The Kier molecular flexibility index (Phi) is 4.60. The zero-order valence-electron chi connectivity index (χ0n) is 10.5. The summed E-state index contributed by atoms with van der Waals surface area (Å²) in [6.45, 7) is 0.347. The average Bonchev–Trinajstić information content (AvgIpc) is 2.45. The van der Waals surface area contributed by atoms with Crippen LogP contribution < -0.4 is 15.2 Å². The molecule has 0 bridgehead atoms. The lowest BCUT2D eigenvalue weighted by molar-refractivity contribution is 0.213. The maximum atomic E-state index is 5.87. The van der Waals surface area contributed by atoms with Gasteiger partial charge in [0.25, 0.3) is 0 Å². The molecule has 0 aliphatic carbocycles. The predicted molar refractivity (Wildman–Crippen MR) is 74.7 cm³/mol. The highest BCUT2D eigenvalue weighted by Gasteiger charge is 2.12. The van der Waals surface area contributed by atoms with Crippen LogP contribution in [0.25, 0.3) is 0 Å². The van der Waals surface area contributed by atoms with Gasteiger partial charge in [0, 0.05) is 18.8 Å². The minimum absolute atomic E-state index is 0.268. The van der Waals surface area contributed by atoms with Crippen molar-refractivity contribution in [3.63, 3.8) is 0 Å². The summed E-state index contributed by atoms with van der Waals surface area (Å²) < 4.78 is 11.0. The number of nitrogens with two attached hydrogens (primary N) is 1. The molecule has 100 valence electrons. The van der Waals surface area contributed by atoms with Crippen molar-refractivity contribution in [1.82, 2.24) is 4.98 Å². The molecule has 2 N–H and O–H groups in total. The largest absolute Gasteiger partial charge is 0.497 e. The Labute approximate surface area is 117 Å². The van der Waals surface area contributed by atoms with E-state index in [1.54, 1.807) is 25.6 Å². The van der Waals surface area contributed by atoms with E-state index in [2.05, 4.69) is 4.98 Å². The molecule has 2 rings (SSSR count). The van der Waals surface area contributed by atoms with E-state index in [4.69, 9.17) is 26.8 Å².